The second kappa shape index (κ2) is 11.8. The fourth-order valence-corrected chi connectivity index (χ4v) is 7.48. The Morgan fingerprint density at radius 3 is 2.49 bits per heavy atom. The molecule has 1 aromatic rings. The summed E-state index contributed by atoms with van der Waals surface area (Å²) >= 11 is 12.7. The lowest BCUT2D eigenvalue weighted by atomic mass is 9.66. The maximum absolute atomic E-state index is 14.2. The van der Waals surface area contributed by atoms with E-state index in [0.717, 1.165) is 44.9 Å². The molecule has 3 heterocycles. The van der Waals surface area contributed by atoms with E-state index in [-0.39, 0.29) is 37.3 Å². The topological polar surface area (TPSA) is 76.2 Å². The van der Waals surface area contributed by atoms with Crippen LogP contribution >= 0.6 is 23.2 Å². The predicted octanol–water partition coefficient (Wildman–Crippen LogP) is 5.77. The molecule has 9 heteroatoms. The third kappa shape index (κ3) is 5.47. The molecule has 3 fully saturated rings. The first kappa shape index (κ1) is 28.4. The van der Waals surface area contributed by atoms with E-state index in [4.69, 9.17) is 32.7 Å². The third-order valence-corrected chi connectivity index (χ3v) is 9.78. The number of carbonyl (C=O) groups excluding carboxylic acids is 3. The van der Waals surface area contributed by atoms with E-state index >= 15 is 0 Å². The number of rotatable bonds is 6. The SMILES string of the molecule is COC(=O)[C@]12C[C@H](CC(=O)N3CCCCC3)C(=O)N(Cc3ccc(Cl)cc3Cl)C1=C[C@H](C1CCCC1)O[C@@H]2C. The van der Waals surface area contributed by atoms with Crippen LogP contribution in [-0.2, 0) is 30.4 Å². The molecule has 5 rings (SSSR count). The molecule has 4 aliphatic rings. The number of piperidine rings is 2. The van der Waals surface area contributed by atoms with Crippen LogP contribution in [0.25, 0.3) is 0 Å². The number of ether oxygens (including phenoxy) is 2. The molecular weight excluding hydrogens is 539 g/mol. The van der Waals surface area contributed by atoms with Crippen molar-refractivity contribution in [1.29, 1.82) is 0 Å². The number of halogens is 2. The quantitative estimate of drug-likeness (QED) is 0.402. The number of hydrogen-bond donors (Lipinski definition) is 0. The van der Waals surface area contributed by atoms with Crippen molar-refractivity contribution in [3.05, 3.63) is 45.6 Å². The Morgan fingerprint density at radius 2 is 1.82 bits per heavy atom. The van der Waals surface area contributed by atoms with Crippen molar-refractivity contribution in [2.75, 3.05) is 20.2 Å². The van der Waals surface area contributed by atoms with E-state index in [1.165, 1.54) is 7.11 Å². The molecule has 7 nitrogen and oxygen atoms in total. The van der Waals surface area contributed by atoms with Crippen LogP contribution in [0, 0.1) is 17.3 Å². The summed E-state index contributed by atoms with van der Waals surface area (Å²) in [6.07, 6.45) is 8.93. The van der Waals surface area contributed by atoms with E-state index in [1.54, 1.807) is 23.1 Å². The number of amides is 2. The minimum atomic E-state index is -1.20. The smallest absolute Gasteiger partial charge is 0.320 e. The Labute approximate surface area is 240 Å². The predicted molar refractivity (Wildman–Crippen MR) is 149 cm³/mol. The molecule has 39 heavy (non-hydrogen) atoms. The van der Waals surface area contributed by atoms with Gasteiger partial charge in [0.15, 0.2) is 0 Å². The number of fused-ring (bicyclic) bond motifs is 1. The van der Waals surface area contributed by atoms with Crippen molar-refractivity contribution in [1.82, 2.24) is 9.80 Å². The molecule has 2 amide bonds. The summed E-state index contributed by atoms with van der Waals surface area (Å²) in [7, 11) is 1.37. The normalized spacial score (nSPS) is 29.7. The zero-order valence-electron chi connectivity index (χ0n) is 22.8. The number of esters is 1. The summed E-state index contributed by atoms with van der Waals surface area (Å²) in [6, 6.07) is 5.20. The van der Waals surface area contributed by atoms with Gasteiger partial charge in [0.25, 0.3) is 0 Å². The van der Waals surface area contributed by atoms with Crippen molar-refractivity contribution in [3.63, 3.8) is 0 Å². The molecule has 212 valence electrons. The van der Waals surface area contributed by atoms with Gasteiger partial charge in [0.05, 0.1) is 25.9 Å². The highest BCUT2D eigenvalue weighted by Gasteiger charge is 2.60. The molecular formula is C30H38Cl2N2O5. The third-order valence-electron chi connectivity index (χ3n) is 9.20. The highest BCUT2D eigenvalue weighted by atomic mass is 35.5. The van der Waals surface area contributed by atoms with Crippen molar-refractivity contribution in [2.45, 2.75) is 83.5 Å². The standard InChI is InChI=1S/C30H38Cl2N2O5/c1-19-30(29(37)38-2)17-22(14-27(35)33-12-6-3-7-13-33)28(36)34(18-21-10-11-23(31)15-24(21)32)26(30)16-25(39-19)20-8-4-5-9-20/h10-11,15-16,19-20,22,25H,3-9,12-14,17-18H2,1-2H3/t19-,22+,25-,30+/m1/s1. The number of benzene rings is 1. The average Bonchev–Trinajstić information content (AvgIpc) is 3.47. The zero-order chi connectivity index (χ0) is 27.7. The second-order valence-electron chi connectivity index (χ2n) is 11.5. The van der Waals surface area contributed by atoms with Crippen molar-refractivity contribution < 1.29 is 23.9 Å². The number of methoxy groups -OCH3 is 1. The fraction of sp³-hybridized carbons (Fsp3) is 0.633. The van der Waals surface area contributed by atoms with Crippen LogP contribution < -0.4 is 0 Å². The summed E-state index contributed by atoms with van der Waals surface area (Å²) in [5, 5.41) is 0.946. The highest BCUT2D eigenvalue weighted by molar-refractivity contribution is 6.35. The van der Waals surface area contributed by atoms with Crippen molar-refractivity contribution >= 4 is 41.0 Å². The molecule has 0 N–H and O–H groups in total. The number of likely N-dealkylation sites (tertiary alicyclic amines) is 2. The Hall–Kier alpha value is -2.09. The van der Waals surface area contributed by atoms with Crippen LogP contribution in [0.1, 0.15) is 70.3 Å². The average molecular weight is 578 g/mol. The first-order valence-electron chi connectivity index (χ1n) is 14.2. The lowest BCUT2D eigenvalue weighted by Gasteiger charge is -2.52. The largest absolute Gasteiger partial charge is 0.468 e. The maximum atomic E-state index is 14.2. The molecule has 2 saturated heterocycles. The Kier molecular flexibility index (Phi) is 8.60. The van der Waals surface area contributed by atoms with Gasteiger partial charge < -0.3 is 19.3 Å². The molecule has 0 spiro atoms. The minimum Gasteiger partial charge on any atom is -0.468 e. The van der Waals surface area contributed by atoms with Crippen molar-refractivity contribution in [3.8, 4) is 0 Å². The number of nitrogens with zero attached hydrogens (tertiary/aromatic N) is 2. The molecule has 1 aliphatic carbocycles. The molecule has 0 bridgehead atoms. The van der Waals surface area contributed by atoms with E-state index in [2.05, 4.69) is 0 Å². The van der Waals surface area contributed by atoms with Gasteiger partial charge in [0, 0.05) is 41.2 Å². The van der Waals surface area contributed by atoms with E-state index in [1.807, 2.05) is 17.9 Å². The summed E-state index contributed by atoms with van der Waals surface area (Å²) < 4.78 is 11.9. The van der Waals surface area contributed by atoms with Crippen LogP contribution in [0.3, 0.4) is 0 Å². The lowest BCUT2D eigenvalue weighted by Crippen LogP contribution is -2.60. The van der Waals surface area contributed by atoms with Gasteiger partial charge in [-0.15, -0.1) is 0 Å². The van der Waals surface area contributed by atoms with Gasteiger partial charge in [-0.1, -0.05) is 42.1 Å². The molecule has 0 radical (unpaired) electrons. The summed E-state index contributed by atoms with van der Waals surface area (Å²) in [4.78, 5) is 44.8. The molecule has 0 aromatic heterocycles. The monoisotopic (exact) mass is 576 g/mol. The first-order chi connectivity index (χ1) is 18.7. The summed E-state index contributed by atoms with van der Waals surface area (Å²) in [5.41, 5.74) is 0.125. The van der Waals surface area contributed by atoms with E-state index in [9.17, 15) is 14.4 Å². The molecule has 0 unspecified atom stereocenters. The Balaban J connectivity index is 1.56. The highest BCUT2D eigenvalue weighted by Crippen LogP contribution is 2.52. The van der Waals surface area contributed by atoms with Crippen LogP contribution in [0.2, 0.25) is 10.0 Å². The summed E-state index contributed by atoms with van der Waals surface area (Å²) in [6.45, 7) is 3.48. The number of carbonyl (C=O) groups is 3. The van der Waals surface area contributed by atoms with Gasteiger partial charge in [-0.3, -0.25) is 14.4 Å². The van der Waals surface area contributed by atoms with Gasteiger partial charge in [0.2, 0.25) is 11.8 Å². The van der Waals surface area contributed by atoms with Crippen LogP contribution in [0.4, 0.5) is 0 Å². The minimum absolute atomic E-state index is 0.0433. The van der Waals surface area contributed by atoms with Gasteiger partial charge in [0.1, 0.15) is 5.41 Å². The van der Waals surface area contributed by atoms with Gasteiger partial charge >= 0.3 is 5.97 Å². The second-order valence-corrected chi connectivity index (χ2v) is 12.4. The summed E-state index contributed by atoms with van der Waals surface area (Å²) in [5.74, 6) is -1.00. The van der Waals surface area contributed by atoms with E-state index < -0.39 is 23.4 Å². The van der Waals surface area contributed by atoms with Crippen LogP contribution in [0.5, 0.6) is 0 Å². The Morgan fingerprint density at radius 1 is 1.10 bits per heavy atom. The molecule has 3 aliphatic heterocycles. The van der Waals surface area contributed by atoms with E-state index in [0.29, 0.717) is 40.3 Å². The van der Waals surface area contributed by atoms with Crippen molar-refractivity contribution in [2.24, 2.45) is 17.3 Å². The number of hydrogen-bond acceptors (Lipinski definition) is 5. The molecule has 1 aromatic carbocycles. The zero-order valence-corrected chi connectivity index (χ0v) is 24.3. The van der Waals surface area contributed by atoms with Gasteiger partial charge in [-0.2, -0.15) is 0 Å². The maximum Gasteiger partial charge on any atom is 0.320 e. The van der Waals surface area contributed by atoms with Gasteiger partial charge in [-0.25, -0.2) is 0 Å². The molecule has 1 saturated carbocycles. The first-order valence-corrected chi connectivity index (χ1v) is 15.0. The molecule has 4 atom stereocenters. The lowest BCUT2D eigenvalue weighted by molar-refractivity contribution is -0.178. The fourth-order valence-electron chi connectivity index (χ4n) is 7.02. The van der Waals surface area contributed by atoms with Crippen LogP contribution in [-0.4, -0.2) is 60.0 Å². The Bertz CT molecular complexity index is 1140. The van der Waals surface area contributed by atoms with Crippen LogP contribution in [0.15, 0.2) is 30.0 Å². The van der Waals surface area contributed by atoms with Gasteiger partial charge in [-0.05, 0) is 75.1 Å².